The second-order valence-corrected chi connectivity index (χ2v) is 4.04. The van der Waals surface area contributed by atoms with Crippen LogP contribution in [0.3, 0.4) is 0 Å². The fourth-order valence-corrected chi connectivity index (χ4v) is 2.14. The van der Waals surface area contributed by atoms with E-state index in [1.54, 1.807) is 12.1 Å². The molecule has 0 aliphatic heterocycles. The third kappa shape index (κ3) is 1.85. The molecule has 0 unspecified atom stereocenters. The maximum atomic E-state index is 10.5. The molecule has 15 heavy (non-hydrogen) atoms. The Labute approximate surface area is 87.7 Å². The van der Waals surface area contributed by atoms with E-state index < -0.39 is 10.5 Å². The molecule has 0 amide bonds. The Morgan fingerprint density at radius 1 is 1.20 bits per heavy atom. The number of nitro benzene ring substituents is 1. The molecule has 0 saturated heterocycles. The van der Waals surface area contributed by atoms with Crippen molar-refractivity contribution in [1.29, 1.82) is 0 Å². The number of rotatable bonds is 2. The minimum Gasteiger partial charge on any atom is -0.385 e. The molecule has 2 rings (SSSR count). The monoisotopic (exact) mass is 207 g/mol. The second kappa shape index (κ2) is 3.62. The molecule has 0 bridgehead atoms. The highest BCUT2D eigenvalue weighted by Gasteiger charge is 2.32. The lowest BCUT2D eigenvalue weighted by atomic mass is 9.92. The van der Waals surface area contributed by atoms with Gasteiger partial charge >= 0.3 is 0 Å². The summed E-state index contributed by atoms with van der Waals surface area (Å²) in [4.78, 5) is 10.0. The van der Waals surface area contributed by atoms with Crippen molar-refractivity contribution >= 4 is 5.69 Å². The minimum absolute atomic E-state index is 0.0698. The summed E-state index contributed by atoms with van der Waals surface area (Å²) in [5, 5.41) is 20.7. The molecular weight excluding hydrogens is 194 g/mol. The molecule has 80 valence electrons. The molecular formula is C11H13NO3. The number of nitrogens with zero attached hydrogens (tertiary/aromatic N) is 1. The first-order valence-corrected chi connectivity index (χ1v) is 5.09. The van der Waals surface area contributed by atoms with Gasteiger partial charge in [0.1, 0.15) is 0 Å². The lowest BCUT2D eigenvalue weighted by Crippen LogP contribution is -2.20. The summed E-state index contributed by atoms with van der Waals surface area (Å²) in [6.07, 6.45) is 3.55. The van der Waals surface area contributed by atoms with Gasteiger partial charge in [-0.05, 0) is 30.5 Å². The van der Waals surface area contributed by atoms with Crippen LogP contribution in [-0.4, -0.2) is 10.0 Å². The number of aliphatic hydroxyl groups is 1. The highest BCUT2D eigenvalue weighted by Crippen LogP contribution is 2.38. The molecule has 0 heterocycles. The molecule has 1 N–H and O–H groups in total. The molecule has 1 aliphatic carbocycles. The Balaban J connectivity index is 2.26. The number of hydrogen-bond acceptors (Lipinski definition) is 3. The van der Waals surface area contributed by atoms with Crippen LogP contribution in [0.1, 0.15) is 31.2 Å². The fraction of sp³-hybridized carbons (Fsp3) is 0.455. The predicted octanol–water partition coefficient (Wildman–Crippen LogP) is 2.36. The Morgan fingerprint density at radius 2 is 1.73 bits per heavy atom. The topological polar surface area (TPSA) is 63.4 Å². The Hall–Kier alpha value is -1.42. The average Bonchev–Trinajstić information content (AvgIpc) is 2.67. The van der Waals surface area contributed by atoms with Crippen LogP contribution in [0.25, 0.3) is 0 Å². The summed E-state index contributed by atoms with van der Waals surface area (Å²) in [6, 6.07) is 6.21. The third-order valence-electron chi connectivity index (χ3n) is 3.05. The molecule has 1 aromatic carbocycles. The van der Waals surface area contributed by atoms with Crippen molar-refractivity contribution in [2.24, 2.45) is 0 Å². The van der Waals surface area contributed by atoms with Gasteiger partial charge in [-0.1, -0.05) is 12.8 Å². The standard InChI is InChI=1S/C11H13NO3/c13-11(7-1-2-8-11)9-3-5-10(6-4-9)12(14)15/h3-6,13H,1-2,7-8H2. The number of hydrogen-bond donors (Lipinski definition) is 1. The predicted molar refractivity (Wildman–Crippen MR) is 55.5 cm³/mol. The highest BCUT2D eigenvalue weighted by molar-refractivity contribution is 5.35. The van der Waals surface area contributed by atoms with Crippen LogP contribution in [0.2, 0.25) is 0 Å². The van der Waals surface area contributed by atoms with E-state index in [0.29, 0.717) is 0 Å². The van der Waals surface area contributed by atoms with Crippen molar-refractivity contribution in [1.82, 2.24) is 0 Å². The van der Waals surface area contributed by atoms with Crippen LogP contribution in [-0.2, 0) is 5.60 Å². The van der Waals surface area contributed by atoms with E-state index in [0.717, 1.165) is 31.2 Å². The van der Waals surface area contributed by atoms with Crippen molar-refractivity contribution in [3.63, 3.8) is 0 Å². The number of non-ortho nitro benzene ring substituents is 1. The van der Waals surface area contributed by atoms with Gasteiger partial charge in [0.15, 0.2) is 0 Å². The SMILES string of the molecule is O=[N+]([O-])c1ccc(C2(O)CCCC2)cc1. The van der Waals surface area contributed by atoms with Crippen molar-refractivity contribution in [2.45, 2.75) is 31.3 Å². The zero-order chi connectivity index (χ0) is 10.9. The molecule has 4 nitrogen and oxygen atoms in total. The largest absolute Gasteiger partial charge is 0.385 e. The number of nitro groups is 1. The van der Waals surface area contributed by atoms with E-state index in [9.17, 15) is 15.2 Å². The van der Waals surface area contributed by atoms with Crippen molar-refractivity contribution < 1.29 is 10.0 Å². The normalized spacial score (nSPS) is 19.0. The lowest BCUT2D eigenvalue weighted by molar-refractivity contribution is -0.384. The average molecular weight is 207 g/mol. The first kappa shape index (κ1) is 10.1. The summed E-state index contributed by atoms with van der Waals surface area (Å²) in [5.41, 5.74) is 0.112. The van der Waals surface area contributed by atoms with E-state index in [1.165, 1.54) is 12.1 Å². The smallest absolute Gasteiger partial charge is 0.269 e. The van der Waals surface area contributed by atoms with Gasteiger partial charge in [-0.2, -0.15) is 0 Å². The first-order valence-electron chi connectivity index (χ1n) is 5.09. The zero-order valence-corrected chi connectivity index (χ0v) is 8.35. The number of benzene rings is 1. The highest BCUT2D eigenvalue weighted by atomic mass is 16.6. The first-order chi connectivity index (χ1) is 7.12. The maximum Gasteiger partial charge on any atom is 0.269 e. The van der Waals surface area contributed by atoms with Crippen molar-refractivity contribution in [3.8, 4) is 0 Å². The van der Waals surface area contributed by atoms with Crippen molar-refractivity contribution in [3.05, 3.63) is 39.9 Å². The molecule has 1 aliphatic rings. The van der Waals surface area contributed by atoms with Gasteiger partial charge in [0.2, 0.25) is 0 Å². The third-order valence-corrected chi connectivity index (χ3v) is 3.05. The molecule has 0 spiro atoms. The lowest BCUT2D eigenvalue weighted by Gasteiger charge is -2.22. The van der Waals surface area contributed by atoms with E-state index >= 15 is 0 Å². The van der Waals surface area contributed by atoms with Crippen LogP contribution >= 0.6 is 0 Å². The second-order valence-electron chi connectivity index (χ2n) is 4.04. The molecule has 0 radical (unpaired) electrons. The Kier molecular flexibility index (Phi) is 2.44. The molecule has 1 aromatic rings. The molecule has 1 fully saturated rings. The summed E-state index contributed by atoms with van der Waals surface area (Å²) >= 11 is 0. The van der Waals surface area contributed by atoms with Gasteiger partial charge in [-0.3, -0.25) is 10.1 Å². The molecule has 0 aromatic heterocycles. The van der Waals surface area contributed by atoms with E-state index in [-0.39, 0.29) is 5.69 Å². The fourth-order valence-electron chi connectivity index (χ4n) is 2.14. The maximum absolute atomic E-state index is 10.5. The zero-order valence-electron chi connectivity index (χ0n) is 8.35. The van der Waals surface area contributed by atoms with E-state index in [2.05, 4.69) is 0 Å². The van der Waals surface area contributed by atoms with Crippen LogP contribution < -0.4 is 0 Å². The van der Waals surface area contributed by atoms with Crippen LogP contribution in [0.4, 0.5) is 5.69 Å². The molecule has 0 atom stereocenters. The summed E-state index contributed by atoms with van der Waals surface area (Å²) < 4.78 is 0. The van der Waals surface area contributed by atoms with Gasteiger partial charge in [-0.15, -0.1) is 0 Å². The summed E-state index contributed by atoms with van der Waals surface area (Å²) in [6.45, 7) is 0. The van der Waals surface area contributed by atoms with Crippen molar-refractivity contribution in [2.75, 3.05) is 0 Å². The summed E-state index contributed by atoms with van der Waals surface area (Å²) in [7, 11) is 0. The van der Waals surface area contributed by atoms with Gasteiger partial charge in [-0.25, -0.2) is 0 Å². The quantitative estimate of drug-likeness (QED) is 0.598. The Bertz CT molecular complexity index is 366. The van der Waals surface area contributed by atoms with Gasteiger partial charge in [0, 0.05) is 12.1 Å². The van der Waals surface area contributed by atoms with Gasteiger partial charge in [0.25, 0.3) is 5.69 Å². The minimum atomic E-state index is -0.755. The molecule has 1 saturated carbocycles. The Morgan fingerprint density at radius 3 is 2.20 bits per heavy atom. The van der Waals surface area contributed by atoms with E-state index in [4.69, 9.17) is 0 Å². The van der Waals surface area contributed by atoms with Gasteiger partial charge < -0.3 is 5.11 Å². The molecule has 4 heteroatoms. The van der Waals surface area contributed by atoms with Gasteiger partial charge in [0.05, 0.1) is 10.5 Å². The van der Waals surface area contributed by atoms with Crippen LogP contribution in [0.5, 0.6) is 0 Å². The van der Waals surface area contributed by atoms with Crippen LogP contribution in [0, 0.1) is 10.1 Å². The van der Waals surface area contributed by atoms with E-state index in [1.807, 2.05) is 0 Å². The van der Waals surface area contributed by atoms with Crippen LogP contribution in [0.15, 0.2) is 24.3 Å². The summed E-state index contributed by atoms with van der Waals surface area (Å²) in [5.74, 6) is 0.